The second kappa shape index (κ2) is 5.55. The summed E-state index contributed by atoms with van der Waals surface area (Å²) in [5, 5.41) is 10.1. The van der Waals surface area contributed by atoms with Crippen molar-refractivity contribution in [2.24, 2.45) is 0 Å². The van der Waals surface area contributed by atoms with Crippen molar-refractivity contribution in [2.45, 2.75) is 6.42 Å². The molecule has 0 aliphatic heterocycles. The lowest BCUT2D eigenvalue weighted by atomic mass is 10.1. The summed E-state index contributed by atoms with van der Waals surface area (Å²) in [6, 6.07) is 15.0. The highest BCUT2D eigenvalue weighted by atomic mass is 35.5. The van der Waals surface area contributed by atoms with Gasteiger partial charge in [-0.3, -0.25) is 0 Å². The van der Waals surface area contributed by atoms with Crippen LogP contribution in [0, 0.1) is 0 Å². The molecule has 0 unspecified atom stereocenters. The van der Waals surface area contributed by atoms with Crippen LogP contribution in [0.3, 0.4) is 0 Å². The largest absolute Gasteiger partial charge is 0.508 e. The summed E-state index contributed by atoms with van der Waals surface area (Å²) in [7, 11) is 0. The van der Waals surface area contributed by atoms with Gasteiger partial charge >= 0.3 is 0 Å². The first-order chi connectivity index (χ1) is 8.24. The van der Waals surface area contributed by atoms with Gasteiger partial charge in [-0.25, -0.2) is 0 Å². The molecule has 2 aromatic carbocycles. The molecule has 86 valence electrons. The summed E-state index contributed by atoms with van der Waals surface area (Å²) in [6.45, 7) is 0. The average molecular weight is 245 g/mol. The van der Waals surface area contributed by atoms with Crippen LogP contribution in [0.25, 0.3) is 6.08 Å². The molecule has 0 atom stereocenters. The maximum Gasteiger partial charge on any atom is 0.115 e. The van der Waals surface area contributed by atoms with Gasteiger partial charge in [-0.2, -0.15) is 0 Å². The van der Waals surface area contributed by atoms with Crippen LogP contribution in [0.4, 0.5) is 0 Å². The molecule has 0 aromatic heterocycles. The zero-order chi connectivity index (χ0) is 12.1. The molecule has 0 heterocycles. The van der Waals surface area contributed by atoms with Gasteiger partial charge in [0.25, 0.3) is 0 Å². The number of rotatable bonds is 3. The first-order valence-electron chi connectivity index (χ1n) is 5.44. The van der Waals surface area contributed by atoms with Crippen molar-refractivity contribution >= 4 is 17.7 Å². The second-order valence-corrected chi connectivity index (χ2v) is 4.26. The Bertz CT molecular complexity index is 515. The molecule has 2 rings (SSSR count). The van der Waals surface area contributed by atoms with Gasteiger partial charge < -0.3 is 5.11 Å². The van der Waals surface area contributed by atoms with E-state index in [-0.39, 0.29) is 0 Å². The lowest BCUT2D eigenvalue weighted by Crippen LogP contribution is -1.79. The highest BCUT2D eigenvalue weighted by Gasteiger charge is 1.92. The molecular weight excluding hydrogens is 232 g/mol. The van der Waals surface area contributed by atoms with E-state index in [1.54, 1.807) is 12.1 Å². The van der Waals surface area contributed by atoms with E-state index >= 15 is 0 Å². The molecule has 0 spiro atoms. The predicted molar refractivity (Wildman–Crippen MR) is 72.3 cm³/mol. The summed E-state index contributed by atoms with van der Waals surface area (Å²) < 4.78 is 0. The number of aromatic hydroxyl groups is 1. The number of hydrogen-bond acceptors (Lipinski definition) is 1. The Labute approximate surface area is 106 Å². The fraction of sp³-hybridized carbons (Fsp3) is 0.0667. The second-order valence-electron chi connectivity index (χ2n) is 3.83. The first kappa shape index (κ1) is 11.7. The van der Waals surface area contributed by atoms with Crippen molar-refractivity contribution < 1.29 is 5.11 Å². The third-order valence-corrected chi connectivity index (χ3v) is 2.70. The molecule has 0 saturated heterocycles. The van der Waals surface area contributed by atoms with Gasteiger partial charge in [0, 0.05) is 5.02 Å². The normalized spacial score (nSPS) is 10.9. The molecule has 0 bridgehead atoms. The number of halogens is 1. The van der Waals surface area contributed by atoms with Gasteiger partial charge in [0.15, 0.2) is 0 Å². The van der Waals surface area contributed by atoms with E-state index in [4.69, 9.17) is 11.6 Å². The van der Waals surface area contributed by atoms with Crippen molar-refractivity contribution in [3.8, 4) is 5.75 Å². The first-order valence-corrected chi connectivity index (χ1v) is 5.82. The SMILES string of the molecule is Oc1cccc(C/C=C/c2ccc(Cl)cc2)c1. The van der Waals surface area contributed by atoms with E-state index in [1.165, 1.54) is 0 Å². The van der Waals surface area contributed by atoms with Crippen LogP contribution in [0.15, 0.2) is 54.6 Å². The quantitative estimate of drug-likeness (QED) is 0.854. The summed E-state index contributed by atoms with van der Waals surface area (Å²) in [6.07, 6.45) is 4.91. The van der Waals surface area contributed by atoms with Crippen molar-refractivity contribution in [2.75, 3.05) is 0 Å². The molecule has 2 heteroatoms. The maximum atomic E-state index is 9.32. The van der Waals surface area contributed by atoms with Crippen molar-refractivity contribution in [1.29, 1.82) is 0 Å². The van der Waals surface area contributed by atoms with Gasteiger partial charge in [0.2, 0.25) is 0 Å². The van der Waals surface area contributed by atoms with E-state index < -0.39 is 0 Å². The van der Waals surface area contributed by atoms with Crippen molar-refractivity contribution in [3.05, 3.63) is 70.8 Å². The highest BCUT2D eigenvalue weighted by molar-refractivity contribution is 6.30. The molecule has 0 radical (unpaired) electrons. The van der Waals surface area contributed by atoms with Crippen LogP contribution in [0.1, 0.15) is 11.1 Å². The zero-order valence-electron chi connectivity index (χ0n) is 9.31. The lowest BCUT2D eigenvalue weighted by Gasteiger charge is -1.97. The minimum absolute atomic E-state index is 0.308. The molecule has 0 fully saturated rings. The summed E-state index contributed by atoms with van der Waals surface area (Å²) in [4.78, 5) is 0. The topological polar surface area (TPSA) is 20.2 Å². The monoisotopic (exact) mass is 244 g/mol. The molecular formula is C15H13ClO. The molecule has 0 aliphatic carbocycles. The lowest BCUT2D eigenvalue weighted by molar-refractivity contribution is 0.474. The van der Waals surface area contributed by atoms with Gasteiger partial charge in [-0.1, -0.05) is 48.0 Å². The average Bonchev–Trinajstić information content (AvgIpc) is 2.32. The third kappa shape index (κ3) is 3.65. The van der Waals surface area contributed by atoms with E-state index in [0.717, 1.165) is 22.6 Å². The van der Waals surface area contributed by atoms with Crippen LogP contribution in [-0.2, 0) is 6.42 Å². The standard InChI is InChI=1S/C15H13ClO/c16-14-9-7-12(8-10-14)3-1-4-13-5-2-6-15(17)11-13/h1-3,5-11,17H,4H2/b3-1+. The summed E-state index contributed by atoms with van der Waals surface area (Å²) in [5.74, 6) is 0.308. The summed E-state index contributed by atoms with van der Waals surface area (Å²) in [5.41, 5.74) is 2.21. The predicted octanol–water partition coefficient (Wildman–Crippen LogP) is 4.30. The number of phenols is 1. The van der Waals surface area contributed by atoms with E-state index in [9.17, 15) is 5.11 Å². The Balaban J connectivity index is 2.00. The highest BCUT2D eigenvalue weighted by Crippen LogP contribution is 2.13. The number of benzene rings is 2. The van der Waals surface area contributed by atoms with Crippen LogP contribution in [0.2, 0.25) is 5.02 Å². The van der Waals surface area contributed by atoms with Gasteiger partial charge in [0.1, 0.15) is 5.75 Å². The van der Waals surface area contributed by atoms with Crippen LogP contribution in [0.5, 0.6) is 5.75 Å². The van der Waals surface area contributed by atoms with Gasteiger partial charge in [0.05, 0.1) is 0 Å². The Morgan fingerprint density at radius 3 is 2.53 bits per heavy atom. The molecule has 1 nitrogen and oxygen atoms in total. The Hall–Kier alpha value is -1.73. The molecule has 17 heavy (non-hydrogen) atoms. The number of hydrogen-bond donors (Lipinski definition) is 1. The molecule has 1 N–H and O–H groups in total. The Morgan fingerprint density at radius 1 is 1.06 bits per heavy atom. The fourth-order valence-electron chi connectivity index (χ4n) is 1.59. The van der Waals surface area contributed by atoms with Crippen LogP contribution in [-0.4, -0.2) is 5.11 Å². The molecule has 0 aliphatic rings. The maximum absolute atomic E-state index is 9.32. The molecule has 0 amide bonds. The molecule has 0 saturated carbocycles. The van der Waals surface area contributed by atoms with Crippen LogP contribution >= 0.6 is 11.6 Å². The van der Waals surface area contributed by atoms with Gasteiger partial charge in [-0.05, 0) is 41.8 Å². The van der Waals surface area contributed by atoms with E-state index in [1.807, 2.05) is 42.5 Å². The minimum Gasteiger partial charge on any atom is -0.508 e. The van der Waals surface area contributed by atoms with Crippen molar-refractivity contribution in [3.63, 3.8) is 0 Å². The van der Waals surface area contributed by atoms with E-state index in [2.05, 4.69) is 6.08 Å². The zero-order valence-corrected chi connectivity index (χ0v) is 10.1. The molecule has 2 aromatic rings. The van der Waals surface area contributed by atoms with Crippen molar-refractivity contribution in [1.82, 2.24) is 0 Å². The smallest absolute Gasteiger partial charge is 0.115 e. The summed E-state index contributed by atoms with van der Waals surface area (Å²) >= 11 is 5.81. The minimum atomic E-state index is 0.308. The fourth-order valence-corrected chi connectivity index (χ4v) is 1.71. The third-order valence-electron chi connectivity index (χ3n) is 2.44. The van der Waals surface area contributed by atoms with Crippen LogP contribution < -0.4 is 0 Å². The van der Waals surface area contributed by atoms with Gasteiger partial charge in [-0.15, -0.1) is 0 Å². The van der Waals surface area contributed by atoms with E-state index in [0.29, 0.717) is 5.75 Å². The Morgan fingerprint density at radius 2 is 1.82 bits per heavy atom. The Kier molecular flexibility index (Phi) is 3.84. The number of phenolic OH excluding ortho intramolecular Hbond substituents is 1. The number of allylic oxidation sites excluding steroid dienone is 1.